The topological polar surface area (TPSA) is 54.0 Å². The first-order valence-corrected chi connectivity index (χ1v) is 7.96. The maximum absolute atomic E-state index is 12.5. The Morgan fingerprint density at radius 2 is 2.05 bits per heavy atom. The number of hydrogen-bond acceptors (Lipinski definition) is 3. The van der Waals surface area contributed by atoms with E-state index in [0.29, 0.717) is 5.56 Å². The summed E-state index contributed by atoms with van der Waals surface area (Å²) < 4.78 is 1.01. The number of rotatable bonds is 5. The van der Waals surface area contributed by atoms with Crippen molar-refractivity contribution in [2.75, 3.05) is 17.2 Å². The van der Waals surface area contributed by atoms with Crippen molar-refractivity contribution in [1.29, 1.82) is 0 Å². The summed E-state index contributed by atoms with van der Waals surface area (Å²) in [6, 6.07) is 9.60. The third kappa shape index (κ3) is 4.17. The summed E-state index contributed by atoms with van der Waals surface area (Å²) in [5.74, 6) is -0.148. The Morgan fingerprint density at radius 1 is 1.29 bits per heavy atom. The number of nitrogens with one attached hydrogen (secondary N) is 2. The molecule has 110 valence electrons. The average molecular weight is 395 g/mol. The monoisotopic (exact) mass is 395 g/mol. The predicted octanol–water partition coefficient (Wildman–Crippen LogP) is 4.07. The molecule has 2 rings (SSSR count). The fourth-order valence-corrected chi connectivity index (χ4v) is 2.42. The summed E-state index contributed by atoms with van der Waals surface area (Å²) in [6.45, 7) is 4.83. The van der Waals surface area contributed by atoms with Crippen LogP contribution in [0.15, 0.2) is 36.5 Å². The Morgan fingerprint density at radius 3 is 2.76 bits per heavy atom. The van der Waals surface area contributed by atoms with Crippen LogP contribution in [-0.4, -0.2) is 17.4 Å². The van der Waals surface area contributed by atoms with Crippen LogP contribution in [0.2, 0.25) is 0 Å². The largest absolute Gasteiger partial charge is 0.384 e. The van der Waals surface area contributed by atoms with Gasteiger partial charge in [-0.05, 0) is 54.1 Å². The molecule has 5 heteroatoms. The molecule has 0 bridgehead atoms. The van der Waals surface area contributed by atoms with Crippen LogP contribution < -0.4 is 10.6 Å². The summed E-state index contributed by atoms with van der Waals surface area (Å²) in [5.41, 5.74) is 3.09. The number of nitrogens with zero attached hydrogens (tertiary/aromatic N) is 1. The van der Waals surface area contributed by atoms with Gasteiger partial charge in [0.25, 0.3) is 5.91 Å². The van der Waals surface area contributed by atoms with Crippen molar-refractivity contribution in [3.05, 3.63) is 51.4 Å². The highest BCUT2D eigenvalue weighted by Crippen LogP contribution is 2.21. The van der Waals surface area contributed by atoms with Gasteiger partial charge < -0.3 is 10.6 Å². The van der Waals surface area contributed by atoms with Crippen molar-refractivity contribution < 1.29 is 4.79 Å². The third-order valence-electron chi connectivity index (χ3n) is 2.97. The number of para-hydroxylation sites is 1. The van der Waals surface area contributed by atoms with Gasteiger partial charge in [-0.15, -0.1) is 0 Å². The van der Waals surface area contributed by atoms with Crippen molar-refractivity contribution in [3.63, 3.8) is 0 Å². The Balaban J connectivity index is 2.24. The highest BCUT2D eigenvalue weighted by Gasteiger charge is 2.13. The van der Waals surface area contributed by atoms with E-state index in [0.717, 1.165) is 33.6 Å². The van der Waals surface area contributed by atoms with E-state index in [9.17, 15) is 4.79 Å². The number of benzene rings is 1. The number of aromatic nitrogens is 1. The van der Waals surface area contributed by atoms with Gasteiger partial charge in [0.1, 0.15) is 0 Å². The second-order valence-corrected chi connectivity index (χ2v) is 5.89. The first-order chi connectivity index (χ1) is 10.1. The van der Waals surface area contributed by atoms with Crippen LogP contribution in [0.4, 0.5) is 11.4 Å². The summed E-state index contributed by atoms with van der Waals surface area (Å²) >= 11 is 2.20. The molecule has 1 aromatic heterocycles. The fourth-order valence-electron chi connectivity index (χ4n) is 1.90. The Bertz CT molecular complexity index is 643. The molecule has 4 nitrogen and oxygen atoms in total. The number of amides is 1. The molecule has 0 spiro atoms. The highest BCUT2D eigenvalue weighted by atomic mass is 127. The lowest BCUT2D eigenvalue weighted by Gasteiger charge is -2.13. The predicted molar refractivity (Wildman–Crippen MR) is 94.9 cm³/mol. The molecule has 21 heavy (non-hydrogen) atoms. The molecule has 0 aliphatic rings. The molecule has 0 radical (unpaired) electrons. The van der Waals surface area contributed by atoms with E-state index in [1.165, 1.54) is 0 Å². The maximum atomic E-state index is 12.5. The molecule has 0 unspecified atom stereocenters. The molecular weight excluding hydrogens is 377 g/mol. The summed E-state index contributed by atoms with van der Waals surface area (Å²) in [7, 11) is 0. The number of pyridine rings is 1. The minimum atomic E-state index is -0.148. The van der Waals surface area contributed by atoms with Gasteiger partial charge in [-0.2, -0.15) is 0 Å². The minimum absolute atomic E-state index is 0.148. The Labute approximate surface area is 138 Å². The molecule has 1 heterocycles. The lowest BCUT2D eigenvalue weighted by atomic mass is 10.2. The van der Waals surface area contributed by atoms with Crippen molar-refractivity contribution >= 4 is 39.9 Å². The number of hydrogen-bond donors (Lipinski definition) is 2. The first kappa shape index (κ1) is 15.8. The van der Waals surface area contributed by atoms with E-state index in [4.69, 9.17) is 0 Å². The lowest BCUT2D eigenvalue weighted by molar-refractivity contribution is 0.102. The molecular formula is C16H18IN3O. The molecule has 0 atom stereocenters. The zero-order chi connectivity index (χ0) is 15.2. The van der Waals surface area contributed by atoms with E-state index in [1.807, 2.05) is 37.3 Å². The second-order valence-electron chi connectivity index (χ2n) is 4.73. The number of anilines is 2. The van der Waals surface area contributed by atoms with Crippen molar-refractivity contribution in [2.45, 2.75) is 20.3 Å². The summed E-state index contributed by atoms with van der Waals surface area (Å²) in [6.07, 6.45) is 2.62. The van der Waals surface area contributed by atoms with Crippen LogP contribution in [-0.2, 0) is 0 Å². The average Bonchev–Trinajstić information content (AvgIpc) is 2.47. The fraction of sp³-hybridized carbons (Fsp3) is 0.250. The van der Waals surface area contributed by atoms with Gasteiger partial charge in [-0.1, -0.05) is 19.1 Å². The van der Waals surface area contributed by atoms with Crippen LogP contribution in [0, 0.1) is 10.5 Å². The minimum Gasteiger partial charge on any atom is -0.384 e. The van der Waals surface area contributed by atoms with Crippen LogP contribution in [0.3, 0.4) is 0 Å². The van der Waals surface area contributed by atoms with Crippen LogP contribution >= 0.6 is 22.6 Å². The van der Waals surface area contributed by atoms with Gasteiger partial charge in [0, 0.05) is 22.0 Å². The van der Waals surface area contributed by atoms with E-state index >= 15 is 0 Å². The van der Waals surface area contributed by atoms with E-state index < -0.39 is 0 Å². The van der Waals surface area contributed by atoms with Gasteiger partial charge in [-0.3, -0.25) is 9.78 Å². The molecule has 1 aromatic carbocycles. The Hall–Kier alpha value is -1.63. The quantitative estimate of drug-likeness (QED) is 0.751. The van der Waals surface area contributed by atoms with Crippen LogP contribution in [0.1, 0.15) is 29.4 Å². The van der Waals surface area contributed by atoms with Crippen LogP contribution in [0.5, 0.6) is 0 Å². The zero-order valence-electron chi connectivity index (χ0n) is 12.1. The van der Waals surface area contributed by atoms with Gasteiger partial charge in [0.05, 0.1) is 16.9 Å². The van der Waals surface area contributed by atoms with Crippen molar-refractivity contribution in [1.82, 2.24) is 4.98 Å². The highest BCUT2D eigenvalue weighted by molar-refractivity contribution is 14.1. The third-order valence-corrected chi connectivity index (χ3v) is 3.91. The van der Waals surface area contributed by atoms with Gasteiger partial charge >= 0.3 is 0 Å². The summed E-state index contributed by atoms with van der Waals surface area (Å²) in [4.78, 5) is 16.7. The number of carbonyl (C=O) groups excluding carboxylic acids is 1. The molecule has 0 aliphatic carbocycles. The van der Waals surface area contributed by atoms with Gasteiger partial charge in [-0.25, -0.2) is 0 Å². The van der Waals surface area contributed by atoms with E-state index in [-0.39, 0.29) is 5.91 Å². The molecule has 1 amide bonds. The molecule has 0 saturated carbocycles. The molecule has 0 fully saturated rings. The molecule has 2 N–H and O–H groups in total. The zero-order valence-corrected chi connectivity index (χ0v) is 14.3. The molecule has 2 aromatic rings. The van der Waals surface area contributed by atoms with Crippen LogP contribution in [0.25, 0.3) is 0 Å². The van der Waals surface area contributed by atoms with Gasteiger partial charge in [0.2, 0.25) is 0 Å². The Kier molecular flexibility index (Phi) is 5.55. The lowest BCUT2D eigenvalue weighted by Crippen LogP contribution is -2.16. The maximum Gasteiger partial charge on any atom is 0.259 e. The van der Waals surface area contributed by atoms with Crippen molar-refractivity contribution in [3.8, 4) is 0 Å². The number of halogens is 1. The molecule has 0 aliphatic heterocycles. The SMILES string of the molecule is CCCNc1cc(C)ncc1C(=O)Nc1ccccc1I. The normalized spacial score (nSPS) is 10.2. The summed E-state index contributed by atoms with van der Waals surface area (Å²) in [5, 5.41) is 6.22. The molecule has 0 saturated heterocycles. The number of carbonyl (C=O) groups is 1. The van der Waals surface area contributed by atoms with Crippen molar-refractivity contribution in [2.24, 2.45) is 0 Å². The first-order valence-electron chi connectivity index (χ1n) is 6.88. The number of aryl methyl sites for hydroxylation is 1. The van der Waals surface area contributed by atoms with Gasteiger partial charge in [0.15, 0.2) is 0 Å². The van der Waals surface area contributed by atoms with E-state index in [1.54, 1.807) is 6.20 Å². The second kappa shape index (κ2) is 7.40. The van der Waals surface area contributed by atoms with E-state index in [2.05, 4.69) is 45.1 Å². The standard InChI is InChI=1S/C16H18IN3O/c1-3-8-18-15-9-11(2)19-10-12(15)16(21)20-14-7-5-4-6-13(14)17/h4-7,9-10H,3,8H2,1-2H3,(H,18,19)(H,20,21). The smallest absolute Gasteiger partial charge is 0.259 e.